The van der Waals surface area contributed by atoms with Gasteiger partial charge in [0.25, 0.3) is 5.91 Å². The quantitative estimate of drug-likeness (QED) is 0.156. The summed E-state index contributed by atoms with van der Waals surface area (Å²) in [5.74, 6) is -0.0782. The summed E-state index contributed by atoms with van der Waals surface area (Å²) in [6, 6.07) is 26.8. The SMILES string of the molecule is CCCN1c2ccc(C(=O)N(C)CCO)cc2Sc2cc(-c3c4ccc(=[N+](C)C)cc-4sc4cc(N5CCN(C)CC5)ccc34)ccc21. The van der Waals surface area contributed by atoms with Crippen molar-refractivity contribution in [2.45, 2.75) is 23.1 Å². The van der Waals surface area contributed by atoms with Crippen LogP contribution in [0.2, 0.25) is 0 Å². The zero-order valence-corrected chi connectivity index (χ0v) is 30.1. The predicted molar refractivity (Wildman–Crippen MR) is 203 cm³/mol. The summed E-state index contributed by atoms with van der Waals surface area (Å²) in [6.07, 6.45) is 1.00. The molecule has 3 aliphatic heterocycles. The van der Waals surface area contributed by atoms with Crippen molar-refractivity contribution >= 4 is 56.2 Å². The number of aliphatic hydroxyl groups is 1. The van der Waals surface area contributed by atoms with Crippen molar-refractivity contribution in [3.63, 3.8) is 0 Å². The van der Waals surface area contributed by atoms with Crippen LogP contribution < -0.4 is 19.7 Å². The second-order valence-electron chi connectivity index (χ2n) is 13.1. The normalized spacial score (nSPS) is 14.7. The first kappa shape index (κ1) is 32.6. The minimum absolute atomic E-state index is 0.0560. The molecule has 0 aromatic heterocycles. The Balaban J connectivity index is 1.36. The minimum atomic E-state index is -0.0782. The Bertz CT molecular complexity index is 2040. The predicted octanol–water partition coefficient (Wildman–Crippen LogP) is 6.53. The molecule has 3 aromatic rings. The Hall–Kier alpha value is -3.89. The summed E-state index contributed by atoms with van der Waals surface area (Å²) in [6.45, 7) is 7.59. The number of carbonyl (C=O) groups excluding carboxylic acids is 1. The molecule has 48 heavy (non-hydrogen) atoms. The van der Waals surface area contributed by atoms with Crippen LogP contribution in [0.5, 0.6) is 0 Å². The van der Waals surface area contributed by atoms with Crippen molar-refractivity contribution in [1.29, 1.82) is 0 Å². The molecule has 0 atom stereocenters. The highest BCUT2D eigenvalue weighted by atomic mass is 32.2. The number of carbonyl (C=O) groups is 1. The lowest BCUT2D eigenvalue weighted by molar-refractivity contribution is 0.0766. The number of anilines is 3. The number of benzene rings is 4. The third-order valence-corrected chi connectivity index (χ3v) is 11.8. The van der Waals surface area contributed by atoms with E-state index in [0.717, 1.165) is 49.7 Å². The van der Waals surface area contributed by atoms with E-state index in [-0.39, 0.29) is 12.5 Å². The standard InChI is InChI=1S/C39H44N5O2S2/c1-6-15-44-32-13-7-26(22-36(32)48-37-23-27(8-14-33(37)44)39(46)42(5)20-21-45)38-30-11-9-28(40(2)3)24-34(30)47-35-25-29(10-12-31(35)38)43-18-16-41(4)17-19-43/h7-14,22-25,45H,6,15-21H2,1-5H3/q+1. The Labute approximate surface area is 291 Å². The molecule has 1 saturated heterocycles. The van der Waals surface area contributed by atoms with E-state index in [0.29, 0.717) is 12.1 Å². The molecule has 4 aliphatic rings. The number of piperazine rings is 1. The highest BCUT2D eigenvalue weighted by Gasteiger charge is 2.27. The van der Waals surface area contributed by atoms with Crippen molar-refractivity contribution in [1.82, 2.24) is 14.4 Å². The molecule has 0 unspecified atom stereocenters. The number of fused-ring (bicyclic) bond motifs is 4. The van der Waals surface area contributed by atoms with E-state index in [1.165, 1.54) is 53.3 Å². The smallest absolute Gasteiger partial charge is 0.253 e. The number of nitrogens with zero attached hydrogens (tertiary/aromatic N) is 5. The molecular weight excluding hydrogens is 635 g/mol. The lowest BCUT2D eigenvalue weighted by Crippen LogP contribution is -2.44. The number of aliphatic hydroxyl groups excluding tert-OH is 1. The Morgan fingerprint density at radius 2 is 1.67 bits per heavy atom. The van der Waals surface area contributed by atoms with Gasteiger partial charge in [0.15, 0.2) is 0 Å². The molecule has 0 radical (unpaired) electrons. The number of hydrogen-bond acceptors (Lipinski definition) is 7. The molecule has 3 heterocycles. The molecular formula is C39H44N5O2S2+. The Kier molecular flexibility index (Phi) is 9.22. The van der Waals surface area contributed by atoms with Crippen LogP contribution >= 0.6 is 23.1 Å². The fraction of sp³-hybridized carbons (Fsp3) is 0.333. The number of likely N-dealkylation sites (N-methyl/N-ethyl adjacent to an activating group) is 2. The fourth-order valence-electron chi connectivity index (χ4n) is 6.83. The number of hydrogen-bond donors (Lipinski definition) is 1. The third kappa shape index (κ3) is 6.09. The molecule has 248 valence electrons. The molecule has 0 saturated carbocycles. The van der Waals surface area contributed by atoms with Crippen LogP contribution in [-0.2, 0) is 0 Å². The first-order valence-electron chi connectivity index (χ1n) is 16.8. The summed E-state index contributed by atoms with van der Waals surface area (Å²) in [7, 11) is 8.14. The highest BCUT2D eigenvalue weighted by Crippen LogP contribution is 2.51. The van der Waals surface area contributed by atoms with E-state index in [1.807, 2.05) is 23.5 Å². The van der Waals surface area contributed by atoms with Gasteiger partial charge in [0.2, 0.25) is 5.36 Å². The first-order valence-corrected chi connectivity index (χ1v) is 18.4. The van der Waals surface area contributed by atoms with E-state index >= 15 is 0 Å². The van der Waals surface area contributed by atoms with Gasteiger partial charge in [0, 0.05) is 100 Å². The van der Waals surface area contributed by atoms with Crippen LogP contribution in [0.3, 0.4) is 0 Å². The van der Waals surface area contributed by atoms with Crippen LogP contribution in [-0.4, -0.2) is 94.9 Å². The van der Waals surface area contributed by atoms with Crippen molar-refractivity contribution in [3.8, 4) is 21.6 Å². The average molecular weight is 679 g/mol. The van der Waals surface area contributed by atoms with Gasteiger partial charge in [-0.2, -0.15) is 0 Å². The largest absolute Gasteiger partial charge is 0.395 e. The number of rotatable bonds is 7. The summed E-state index contributed by atoms with van der Waals surface area (Å²) in [4.78, 5) is 25.6. The van der Waals surface area contributed by atoms with Gasteiger partial charge in [-0.1, -0.05) is 30.8 Å². The summed E-state index contributed by atoms with van der Waals surface area (Å²) in [5, 5.41) is 11.9. The van der Waals surface area contributed by atoms with Gasteiger partial charge >= 0.3 is 0 Å². The van der Waals surface area contributed by atoms with Crippen LogP contribution in [0.1, 0.15) is 23.7 Å². The third-order valence-electron chi connectivity index (χ3n) is 9.56. The highest BCUT2D eigenvalue weighted by molar-refractivity contribution is 7.99. The summed E-state index contributed by atoms with van der Waals surface area (Å²) < 4.78 is 3.47. The molecule has 1 amide bonds. The van der Waals surface area contributed by atoms with E-state index < -0.39 is 0 Å². The molecule has 7 rings (SSSR count). The lowest BCUT2D eigenvalue weighted by atomic mass is 9.94. The maximum absolute atomic E-state index is 13.2. The van der Waals surface area contributed by atoms with Crippen LogP contribution in [0.4, 0.5) is 17.1 Å². The molecule has 9 heteroatoms. The molecule has 0 bridgehead atoms. The van der Waals surface area contributed by atoms with Gasteiger partial charge in [-0.25, -0.2) is 4.58 Å². The van der Waals surface area contributed by atoms with Crippen LogP contribution in [0, 0.1) is 0 Å². The number of amides is 1. The van der Waals surface area contributed by atoms with Crippen molar-refractivity contribution < 1.29 is 9.90 Å². The van der Waals surface area contributed by atoms with Gasteiger partial charge < -0.3 is 24.7 Å². The first-order chi connectivity index (χ1) is 23.2. The average Bonchev–Trinajstić information content (AvgIpc) is 3.09. The monoisotopic (exact) mass is 678 g/mol. The molecule has 3 aromatic carbocycles. The Morgan fingerprint density at radius 3 is 2.40 bits per heavy atom. The van der Waals surface area contributed by atoms with Crippen molar-refractivity contribution in [3.05, 3.63) is 83.7 Å². The van der Waals surface area contributed by atoms with E-state index in [9.17, 15) is 9.90 Å². The van der Waals surface area contributed by atoms with Crippen LogP contribution in [0.25, 0.3) is 31.7 Å². The Morgan fingerprint density at radius 1 is 0.917 bits per heavy atom. The van der Waals surface area contributed by atoms with Crippen LogP contribution in [0.15, 0.2) is 82.6 Å². The van der Waals surface area contributed by atoms with Crippen molar-refractivity contribution in [2.24, 2.45) is 0 Å². The molecule has 1 fully saturated rings. The molecule has 1 N–H and O–H groups in total. The van der Waals surface area contributed by atoms with Gasteiger partial charge in [-0.15, -0.1) is 11.3 Å². The van der Waals surface area contributed by atoms with Gasteiger partial charge in [-0.3, -0.25) is 4.79 Å². The fourth-order valence-corrected chi connectivity index (χ4v) is 9.16. The van der Waals surface area contributed by atoms with E-state index in [2.05, 4.69) is 108 Å². The van der Waals surface area contributed by atoms with E-state index in [4.69, 9.17) is 0 Å². The second-order valence-corrected chi connectivity index (χ2v) is 15.3. The molecule has 7 nitrogen and oxygen atoms in total. The van der Waals surface area contributed by atoms with Gasteiger partial charge in [0.1, 0.15) is 14.1 Å². The molecule has 1 aliphatic carbocycles. The minimum Gasteiger partial charge on any atom is -0.395 e. The zero-order chi connectivity index (χ0) is 33.5. The summed E-state index contributed by atoms with van der Waals surface area (Å²) >= 11 is 3.62. The second kappa shape index (κ2) is 13.6. The zero-order valence-electron chi connectivity index (χ0n) is 28.5. The van der Waals surface area contributed by atoms with Gasteiger partial charge in [0.05, 0.1) is 18.0 Å². The lowest BCUT2D eigenvalue weighted by Gasteiger charge is -2.34. The molecule has 0 spiro atoms. The van der Waals surface area contributed by atoms with Gasteiger partial charge in [-0.05, 0) is 73.1 Å². The maximum atomic E-state index is 13.2. The summed E-state index contributed by atoms with van der Waals surface area (Å²) in [5.41, 5.74) is 7.99. The maximum Gasteiger partial charge on any atom is 0.253 e. The topological polar surface area (TPSA) is 53.3 Å². The van der Waals surface area contributed by atoms with E-state index in [1.54, 1.807) is 23.7 Å². The van der Waals surface area contributed by atoms with Crippen molar-refractivity contribution in [2.75, 3.05) is 83.9 Å².